The van der Waals surface area contributed by atoms with Gasteiger partial charge >= 0.3 is 11.8 Å². The highest BCUT2D eigenvalue weighted by atomic mass is 32.1. The fourth-order valence-electron chi connectivity index (χ4n) is 2.37. The minimum absolute atomic E-state index is 0.214. The molecule has 1 atom stereocenters. The summed E-state index contributed by atoms with van der Waals surface area (Å²) in [6, 6.07) is 12.3. The van der Waals surface area contributed by atoms with Crippen LogP contribution in [0.25, 0.3) is 0 Å². The van der Waals surface area contributed by atoms with Crippen LogP contribution in [0.4, 0.5) is 5.69 Å². The Labute approximate surface area is 164 Å². The molecular formula is C19H18N2O4S2. The zero-order chi connectivity index (χ0) is 19.2. The summed E-state index contributed by atoms with van der Waals surface area (Å²) in [4.78, 5) is 25.6. The Hall–Kier alpha value is -2.68. The Bertz CT molecular complexity index is 921. The van der Waals surface area contributed by atoms with Crippen molar-refractivity contribution in [2.45, 2.75) is 12.6 Å². The third kappa shape index (κ3) is 4.94. The molecule has 27 heavy (non-hydrogen) atoms. The number of aliphatic hydroxyl groups is 1. The largest absolute Gasteiger partial charge is 0.497 e. The number of hydrogen-bond donors (Lipinski definition) is 3. The van der Waals surface area contributed by atoms with Gasteiger partial charge in [0.05, 0.1) is 13.7 Å². The molecule has 0 saturated carbocycles. The molecule has 3 rings (SSSR count). The first-order valence-corrected chi connectivity index (χ1v) is 9.84. The lowest BCUT2D eigenvalue weighted by Crippen LogP contribution is -2.34. The number of anilines is 1. The van der Waals surface area contributed by atoms with Crippen LogP contribution in [0.15, 0.2) is 53.2 Å². The standard InChI is InChI=1S/C19H18N2O4S2/c1-25-14-4-2-3-13(9-14)21-19(24)18(23)20-10-15-5-6-16(27-15)17(22)12-7-8-26-11-12/h2-9,11,17,22H,10H2,1H3,(H,20,23)(H,21,24). The summed E-state index contributed by atoms with van der Waals surface area (Å²) in [6.07, 6.45) is -0.679. The van der Waals surface area contributed by atoms with Gasteiger partial charge in [-0.1, -0.05) is 6.07 Å². The fourth-order valence-corrected chi connectivity index (χ4v) is 4.01. The summed E-state index contributed by atoms with van der Waals surface area (Å²) in [6.45, 7) is 0.214. The van der Waals surface area contributed by atoms with Crippen LogP contribution in [0.3, 0.4) is 0 Å². The second-order valence-electron chi connectivity index (χ2n) is 5.63. The second kappa shape index (κ2) is 8.81. The molecular weight excluding hydrogens is 384 g/mol. The van der Waals surface area contributed by atoms with E-state index in [1.54, 1.807) is 24.3 Å². The van der Waals surface area contributed by atoms with Crippen LogP contribution in [-0.4, -0.2) is 24.0 Å². The van der Waals surface area contributed by atoms with E-state index in [-0.39, 0.29) is 6.54 Å². The molecule has 3 aromatic rings. The number of carbonyl (C=O) groups is 2. The number of amides is 2. The van der Waals surface area contributed by atoms with Gasteiger partial charge in [-0.05, 0) is 46.7 Å². The van der Waals surface area contributed by atoms with Gasteiger partial charge in [0.2, 0.25) is 0 Å². The quantitative estimate of drug-likeness (QED) is 0.553. The Morgan fingerprint density at radius 3 is 2.78 bits per heavy atom. The van der Waals surface area contributed by atoms with Crippen molar-refractivity contribution in [1.29, 1.82) is 0 Å². The van der Waals surface area contributed by atoms with Gasteiger partial charge < -0.3 is 20.5 Å². The van der Waals surface area contributed by atoms with Crippen molar-refractivity contribution >= 4 is 40.2 Å². The third-order valence-electron chi connectivity index (χ3n) is 3.77. The van der Waals surface area contributed by atoms with Crippen LogP contribution >= 0.6 is 22.7 Å². The monoisotopic (exact) mass is 402 g/mol. The predicted octanol–water partition coefficient (Wildman–Crippen LogP) is 3.15. The Balaban J connectivity index is 1.53. The number of hydrogen-bond acceptors (Lipinski definition) is 6. The van der Waals surface area contributed by atoms with Gasteiger partial charge in [-0.25, -0.2) is 0 Å². The zero-order valence-electron chi connectivity index (χ0n) is 14.5. The molecule has 0 aliphatic heterocycles. The van der Waals surface area contributed by atoms with E-state index in [9.17, 15) is 14.7 Å². The van der Waals surface area contributed by atoms with Crippen molar-refractivity contribution in [2.24, 2.45) is 0 Å². The molecule has 0 saturated heterocycles. The highest BCUT2D eigenvalue weighted by Crippen LogP contribution is 2.29. The lowest BCUT2D eigenvalue weighted by atomic mass is 10.2. The first-order chi connectivity index (χ1) is 13.1. The van der Waals surface area contributed by atoms with E-state index in [0.717, 1.165) is 15.3 Å². The minimum Gasteiger partial charge on any atom is -0.497 e. The average Bonchev–Trinajstić information content (AvgIpc) is 3.37. The van der Waals surface area contributed by atoms with Gasteiger partial charge in [0.15, 0.2) is 0 Å². The summed E-state index contributed by atoms with van der Waals surface area (Å²) < 4.78 is 5.08. The van der Waals surface area contributed by atoms with Crippen LogP contribution in [0.1, 0.15) is 21.4 Å². The van der Waals surface area contributed by atoms with Gasteiger partial charge in [0.1, 0.15) is 11.9 Å². The molecule has 0 fully saturated rings. The topological polar surface area (TPSA) is 87.7 Å². The molecule has 6 nitrogen and oxygen atoms in total. The molecule has 0 bridgehead atoms. The molecule has 0 spiro atoms. The summed E-state index contributed by atoms with van der Waals surface area (Å²) in [7, 11) is 1.53. The molecule has 2 aromatic heterocycles. The molecule has 2 heterocycles. The Morgan fingerprint density at radius 1 is 1.19 bits per heavy atom. The molecule has 3 N–H and O–H groups in total. The summed E-state index contributed by atoms with van der Waals surface area (Å²) in [5, 5.41) is 19.2. The number of aliphatic hydroxyl groups excluding tert-OH is 1. The first kappa shape index (κ1) is 19.1. The molecule has 0 aliphatic carbocycles. The van der Waals surface area contributed by atoms with Crippen LogP contribution in [0.2, 0.25) is 0 Å². The maximum absolute atomic E-state index is 12.0. The summed E-state index contributed by atoms with van der Waals surface area (Å²) in [5.41, 5.74) is 1.32. The number of carbonyl (C=O) groups excluding carboxylic acids is 2. The van der Waals surface area contributed by atoms with Crippen LogP contribution in [-0.2, 0) is 16.1 Å². The Kier molecular flexibility index (Phi) is 6.23. The van der Waals surface area contributed by atoms with Gasteiger partial charge in [0, 0.05) is 21.5 Å². The van der Waals surface area contributed by atoms with Gasteiger partial charge in [-0.3, -0.25) is 9.59 Å². The van der Waals surface area contributed by atoms with Crippen molar-refractivity contribution < 1.29 is 19.4 Å². The van der Waals surface area contributed by atoms with E-state index in [1.807, 2.05) is 29.0 Å². The minimum atomic E-state index is -0.752. The van der Waals surface area contributed by atoms with Crippen LogP contribution < -0.4 is 15.4 Å². The average molecular weight is 402 g/mol. The van der Waals surface area contributed by atoms with E-state index in [0.29, 0.717) is 11.4 Å². The van der Waals surface area contributed by atoms with E-state index in [2.05, 4.69) is 10.6 Å². The van der Waals surface area contributed by atoms with E-state index < -0.39 is 17.9 Å². The maximum Gasteiger partial charge on any atom is 0.313 e. The van der Waals surface area contributed by atoms with Crippen molar-refractivity contribution in [3.63, 3.8) is 0 Å². The Morgan fingerprint density at radius 2 is 2.04 bits per heavy atom. The SMILES string of the molecule is COc1cccc(NC(=O)C(=O)NCc2ccc(C(O)c3ccsc3)s2)c1. The number of nitrogens with one attached hydrogen (secondary N) is 2. The van der Waals surface area contributed by atoms with E-state index in [4.69, 9.17) is 4.74 Å². The van der Waals surface area contributed by atoms with Crippen molar-refractivity contribution in [3.05, 3.63) is 68.5 Å². The van der Waals surface area contributed by atoms with E-state index in [1.165, 1.54) is 29.8 Å². The fraction of sp³-hybridized carbons (Fsp3) is 0.158. The second-order valence-corrected chi connectivity index (χ2v) is 7.61. The molecule has 0 aliphatic rings. The molecule has 140 valence electrons. The van der Waals surface area contributed by atoms with Gasteiger partial charge in [-0.15, -0.1) is 11.3 Å². The molecule has 0 radical (unpaired) electrons. The van der Waals surface area contributed by atoms with Gasteiger partial charge in [-0.2, -0.15) is 11.3 Å². The smallest absolute Gasteiger partial charge is 0.313 e. The highest BCUT2D eigenvalue weighted by Gasteiger charge is 2.16. The number of thiophene rings is 2. The van der Waals surface area contributed by atoms with Crippen molar-refractivity contribution in [2.75, 3.05) is 12.4 Å². The zero-order valence-corrected chi connectivity index (χ0v) is 16.1. The number of benzene rings is 1. The lowest BCUT2D eigenvalue weighted by molar-refractivity contribution is -0.136. The maximum atomic E-state index is 12.0. The lowest BCUT2D eigenvalue weighted by Gasteiger charge is -2.07. The van der Waals surface area contributed by atoms with Crippen molar-refractivity contribution in [3.8, 4) is 5.75 Å². The van der Waals surface area contributed by atoms with Crippen LogP contribution in [0.5, 0.6) is 5.75 Å². The molecule has 1 aromatic carbocycles. The number of ether oxygens (including phenoxy) is 1. The summed E-state index contributed by atoms with van der Waals surface area (Å²) >= 11 is 2.92. The van der Waals surface area contributed by atoms with Crippen molar-refractivity contribution in [1.82, 2.24) is 5.32 Å². The molecule has 2 amide bonds. The summed E-state index contributed by atoms with van der Waals surface area (Å²) in [5.74, 6) is -0.895. The third-order valence-corrected chi connectivity index (χ3v) is 5.61. The molecule has 8 heteroatoms. The number of rotatable bonds is 6. The molecule has 1 unspecified atom stereocenters. The predicted molar refractivity (Wildman–Crippen MR) is 106 cm³/mol. The highest BCUT2D eigenvalue weighted by molar-refractivity contribution is 7.12. The van der Waals surface area contributed by atoms with E-state index >= 15 is 0 Å². The number of methoxy groups -OCH3 is 1. The van der Waals surface area contributed by atoms with Crippen LogP contribution in [0, 0.1) is 0 Å². The van der Waals surface area contributed by atoms with Gasteiger partial charge in [0.25, 0.3) is 0 Å². The first-order valence-electron chi connectivity index (χ1n) is 8.09. The normalized spacial score (nSPS) is 11.6.